The Labute approximate surface area is 149 Å². The molecule has 6 nitrogen and oxygen atoms in total. The van der Waals surface area contributed by atoms with Crippen LogP contribution >= 0.6 is 0 Å². The topological polar surface area (TPSA) is 60.0 Å². The molecule has 1 N–H and O–H groups in total. The Balaban J connectivity index is 1.84. The van der Waals surface area contributed by atoms with Gasteiger partial charge < -0.3 is 19.5 Å². The van der Waals surface area contributed by atoms with Crippen molar-refractivity contribution in [1.82, 2.24) is 10.2 Å². The van der Waals surface area contributed by atoms with Crippen LogP contribution in [-0.2, 0) is 9.53 Å². The highest BCUT2D eigenvalue weighted by atomic mass is 16.5. The molecule has 1 aliphatic rings. The van der Waals surface area contributed by atoms with E-state index in [0.29, 0.717) is 24.1 Å². The molecule has 0 unspecified atom stereocenters. The van der Waals surface area contributed by atoms with Crippen molar-refractivity contribution in [3.8, 4) is 11.5 Å². The third kappa shape index (κ3) is 5.76. The van der Waals surface area contributed by atoms with Crippen LogP contribution in [0.2, 0.25) is 0 Å². The summed E-state index contributed by atoms with van der Waals surface area (Å²) < 4.78 is 15.6. The summed E-state index contributed by atoms with van der Waals surface area (Å²) in [6, 6.07) is 5.94. The summed E-state index contributed by atoms with van der Waals surface area (Å²) in [4.78, 5) is 14.5. The van der Waals surface area contributed by atoms with Gasteiger partial charge in [0.05, 0.1) is 20.8 Å². The van der Waals surface area contributed by atoms with E-state index in [0.717, 1.165) is 31.7 Å². The van der Waals surface area contributed by atoms with E-state index in [2.05, 4.69) is 10.2 Å². The lowest BCUT2D eigenvalue weighted by atomic mass is 10.2. The van der Waals surface area contributed by atoms with Gasteiger partial charge in [0.1, 0.15) is 0 Å². The first-order valence-electron chi connectivity index (χ1n) is 8.59. The highest BCUT2D eigenvalue weighted by molar-refractivity contribution is 5.91. The standard InChI is InChI=1S/C19H28N2O4/c1-23-12-11-21-10-4-5-16(21)14-20-19(22)9-7-15-6-8-17(24-2)18(13-15)25-3/h6-9,13,16H,4-5,10-12,14H2,1-3H3,(H,20,22)/b9-7+/t16-/m0/s1. The van der Waals surface area contributed by atoms with E-state index in [9.17, 15) is 4.79 Å². The number of nitrogens with zero attached hydrogens (tertiary/aromatic N) is 1. The molecule has 25 heavy (non-hydrogen) atoms. The zero-order valence-electron chi connectivity index (χ0n) is 15.3. The summed E-state index contributed by atoms with van der Waals surface area (Å²) >= 11 is 0. The molecule has 0 aliphatic carbocycles. The predicted octanol–water partition coefficient (Wildman–Crippen LogP) is 1.94. The number of rotatable bonds is 9. The molecule has 0 radical (unpaired) electrons. The van der Waals surface area contributed by atoms with Gasteiger partial charge in [0, 0.05) is 32.3 Å². The van der Waals surface area contributed by atoms with Crippen molar-refractivity contribution >= 4 is 12.0 Å². The van der Waals surface area contributed by atoms with Crippen LogP contribution in [0.4, 0.5) is 0 Å². The third-order valence-corrected chi connectivity index (χ3v) is 4.43. The average molecular weight is 348 g/mol. The monoisotopic (exact) mass is 348 g/mol. The van der Waals surface area contributed by atoms with Crippen LogP contribution < -0.4 is 14.8 Å². The summed E-state index contributed by atoms with van der Waals surface area (Å²) in [5.74, 6) is 1.22. The second-order valence-corrected chi connectivity index (χ2v) is 6.02. The normalized spacial score (nSPS) is 17.8. The fourth-order valence-corrected chi connectivity index (χ4v) is 3.03. The number of carbonyl (C=O) groups excluding carboxylic acids is 1. The van der Waals surface area contributed by atoms with Crippen LogP contribution in [0.1, 0.15) is 18.4 Å². The number of carbonyl (C=O) groups is 1. The van der Waals surface area contributed by atoms with E-state index in [1.165, 1.54) is 6.42 Å². The maximum atomic E-state index is 12.1. The molecule has 1 heterocycles. The predicted molar refractivity (Wildman–Crippen MR) is 98.1 cm³/mol. The minimum absolute atomic E-state index is 0.0895. The Bertz CT molecular complexity index is 589. The number of hydrogen-bond donors (Lipinski definition) is 1. The van der Waals surface area contributed by atoms with Crippen molar-refractivity contribution < 1.29 is 19.0 Å². The Morgan fingerprint density at radius 2 is 2.08 bits per heavy atom. The van der Waals surface area contributed by atoms with Gasteiger partial charge in [-0.2, -0.15) is 0 Å². The maximum Gasteiger partial charge on any atom is 0.244 e. The largest absolute Gasteiger partial charge is 0.493 e. The van der Waals surface area contributed by atoms with Crippen LogP contribution in [0.15, 0.2) is 24.3 Å². The van der Waals surface area contributed by atoms with Gasteiger partial charge in [-0.25, -0.2) is 0 Å². The van der Waals surface area contributed by atoms with Crippen LogP contribution in [0.5, 0.6) is 11.5 Å². The second kappa shape index (κ2) is 10.1. The minimum Gasteiger partial charge on any atom is -0.493 e. The van der Waals surface area contributed by atoms with E-state index in [4.69, 9.17) is 14.2 Å². The molecule has 1 aromatic carbocycles. The molecule has 6 heteroatoms. The molecule has 0 spiro atoms. The number of hydrogen-bond acceptors (Lipinski definition) is 5. The molecule has 0 aromatic heterocycles. The van der Waals surface area contributed by atoms with Crippen molar-refractivity contribution in [3.05, 3.63) is 29.8 Å². The molecular weight excluding hydrogens is 320 g/mol. The van der Waals surface area contributed by atoms with E-state index >= 15 is 0 Å². The molecule has 1 amide bonds. The average Bonchev–Trinajstić information content (AvgIpc) is 3.09. The lowest BCUT2D eigenvalue weighted by Gasteiger charge is -2.24. The third-order valence-electron chi connectivity index (χ3n) is 4.43. The Morgan fingerprint density at radius 3 is 2.80 bits per heavy atom. The first-order chi connectivity index (χ1) is 12.2. The quantitative estimate of drug-likeness (QED) is 0.691. The fourth-order valence-electron chi connectivity index (χ4n) is 3.03. The Hall–Kier alpha value is -2.05. The van der Waals surface area contributed by atoms with Gasteiger partial charge in [-0.15, -0.1) is 0 Å². The zero-order chi connectivity index (χ0) is 18.1. The van der Waals surface area contributed by atoms with Gasteiger partial charge in [0.2, 0.25) is 5.91 Å². The minimum atomic E-state index is -0.0895. The van der Waals surface area contributed by atoms with Crippen molar-refractivity contribution in [1.29, 1.82) is 0 Å². The summed E-state index contributed by atoms with van der Waals surface area (Å²) in [5, 5.41) is 2.99. The van der Waals surface area contributed by atoms with Gasteiger partial charge in [0.25, 0.3) is 0 Å². The molecule has 0 bridgehead atoms. The molecule has 0 saturated carbocycles. The van der Waals surface area contributed by atoms with Crippen molar-refractivity contribution in [3.63, 3.8) is 0 Å². The van der Waals surface area contributed by atoms with E-state index in [1.54, 1.807) is 33.5 Å². The first kappa shape index (κ1) is 19.3. The smallest absolute Gasteiger partial charge is 0.244 e. The lowest BCUT2D eigenvalue weighted by Crippen LogP contribution is -2.41. The van der Waals surface area contributed by atoms with Gasteiger partial charge in [0.15, 0.2) is 11.5 Å². The maximum absolute atomic E-state index is 12.1. The molecule has 1 aromatic rings. The second-order valence-electron chi connectivity index (χ2n) is 6.02. The highest BCUT2D eigenvalue weighted by Gasteiger charge is 2.23. The Morgan fingerprint density at radius 1 is 1.28 bits per heavy atom. The van der Waals surface area contributed by atoms with Gasteiger partial charge in [-0.05, 0) is 43.2 Å². The van der Waals surface area contributed by atoms with Crippen molar-refractivity contribution in [2.45, 2.75) is 18.9 Å². The highest BCUT2D eigenvalue weighted by Crippen LogP contribution is 2.27. The van der Waals surface area contributed by atoms with Crippen LogP contribution in [0.3, 0.4) is 0 Å². The SMILES string of the molecule is COCCN1CCC[C@H]1CNC(=O)/C=C/c1ccc(OC)c(OC)c1. The number of likely N-dealkylation sites (tertiary alicyclic amines) is 1. The zero-order valence-corrected chi connectivity index (χ0v) is 15.3. The number of nitrogens with one attached hydrogen (secondary N) is 1. The number of amides is 1. The van der Waals surface area contributed by atoms with Crippen molar-refractivity contribution in [2.24, 2.45) is 0 Å². The molecule has 1 atom stereocenters. The lowest BCUT2D eigenvalue weighted by molar-refractivity contribution is -0.116. The number of methoxy groups -OCH3 is 3. The van der Waals surface area contributed by atoms with Crippen molar-refractivity contribution in [2.75, 3.05) is 47.6 Å². The van der Waals surface area contributed by atoms with Gasteiger partial charge in [-0.1, -0.05) is 6.07 Å². The number of benzene rings is 1. The fraction of sp³-hybridized carbons (Fsp3) is 0.526. The Kier molecular flexibility index (Phi) is 7.76. The van der Waals surface area contributed by atoms with E-state index in [-0.39, 0.29) is 5.91 Å². The first-order valence-corrected chi connectivity index (χ1v) is 8.59. The number of ether oxygens (including phenoxy) is 3. The molecule has 1 fully saturated rings. The van der Waals surface area contributed by atoms with Crippen LogP contribution in [0, 0.1) is 0 Å². The van der Waals surface area contributed by atoms with E-state index < -0.39 is 0 Å². The molecular formula is C19H28N2O4. The summed E-state index contributed by atoms with van der Waals surface area (Å²) in [7, 11) is 4.90. The van der Waals surface area contributed by atoms with Crippen LogP contribution in [0.25, 0.3) is 6.08 Å². The van der Waals surface area contributed by atoms with Gasteiger partial charge in [-0.3, -0.25) is 9.69 Å². The molecule has 138 valence electrons. The summed E-state index contributed by atoms with van der Waals surface area (Å²) in [6.07, 6.45) is 5.61. The molecule has 2 rings (SSSR count). The molecule has 1 saturated heterocycles. The summed E-state index contributed by atoms with van der Waals surface area (Å²) in [6.45, 7) is 3.38. The van der Waals surface area contributed by atoms with Gasteiger partial charge >= 0.3 is 0 Å². The van der Waals surface area contributed by atoms with E-state index in [1.807, 2.05) is 18.2 Å². The summed E-state index contributed by atoms with van der Waals surface area (Å²) in [5.41, 5.74) is 0.885. The van der Waals surface area contributed by atoms with Crippen LogP contribution in [-0.4, -0.2) is 64.4 Å². The molecule has 1 aliphatic heterocycles.